The Hall–Kier alpha value is -2.82. The predicted molar refractivity (Wildman–Crippen MR) is 104 cm³/mol. The highest BCUT2D eigenvalue weighted by Gasteiger charge is 2.38. The van der Waals surface area contributed by atoms with Gasteiger partial charge in [0.05, 0.1) is 0 Å². The van der Waals surface area contributed by atoms with E-state index in [0.29, 0.717) is 12.0 Å². The third-order valence-electron chi connectivity index (χ3n) is 4.98. The second-order valence-corrected chi connectivity index (χ2v) is 6.76. The highest BCUT2D eigenvalue weighted by molar-refractivity contribution is 5.83. The molecule has 1 heterocycles. The molecule has 2 unspecified atom stereocenters. The largest absolute Gasteiger partial charge is 0.361 e. The summed E-state index contributed by atoms with van der Waals surface area (Å²) in [5, 5.41) is 7.95. The van der Waals surface area contributed by atoms with E-state index in [1.807, 2.05) is 18.3 Å². The average Bonchev–Trinajstić information content (AvgIpc) is 3.33. The molecule has 134 valence electrons. The molecule has 4 nitrogen and oxygen atoms in total. The van der Waals surface area contributed by atoms with Crippen LogP contribution in [-0.4, -0.2) is 30.6 Å². The van der Waals surface area contributed by atoms with Crippen molar-refractivity contribution in [3.63, 3.8) is 0 Å². The predicted octanol–water partition coefficient (Wildman–Crippen LogP) is 3.57. The average molecular weight is 350 g/mol. The first-order valence-electron chi connectivity index (χ1n) is 9.02. The Kier molecular flexibility index (Phi) is 4.61. The molecule has 0 aliphatic heterocycles. The maximum atomic E-state index is 13.3. The first-order chi connectivity index (χ1) is 12.7. The van der Waals surface area contributed by atoms with Crippen LogP contribution in [-0.2, 0) is 6.42 Å². The fraction of sp³-hybridized carbons (Fsp3) is 0.286. The van der Waals surface area contributed by atoms with E-state index in [2.05, 4.69) is 44.9 Å². The van der Waals surface area contributed by atoms with Crippen LogP contribution in [0.3, 0.4) is 0 Å². The van der Waals surface area contributed by atoms with Gasteiger partial charge in [0, 0.05) is 42.7 Å². The molecule has 5 heteroatoms. The zero-order valence-electron chi connectivity index (χ0n) is 14.8. The van der Waals surface area contributed by atoms with Gasteiger partial charge >= 0.3 is 0 Å². The molecule has 26 heavy (non-hydrogen) atoms. The number of fused-ring (bicyclic) bond motifs is 1. The van der Waals surface area contributed by atoms with Gasteiger partial charge in [-0.1, -0.05) is 30.3 Å². The molecule has 2 aromatic carbocycles. The summed E-state index contributed by atoms with van der Waals surface area (Å²) in [5.74, 6) is 1.18. The number of halogens is 1. The molecule has 1 aliphatic carbocycles. The van der Waals surface area contributed by atoms with Gasteiger partial charge in [0.1, 0.15) is 5.82 Å². The zero-order valence-corrected chi connectivity index (χ0v) is 14.8. The van der Waals surface area contributed by atoms with Gasteiger partial charge in [-0.05, 0) is 42.2 Å². The van der Waals surface area contributed by atoms with Crippen LogP contribution in [0.25, 0.3) is 10.9 Å². The lowest BCUT2D eigenvalue weighted by Gasteiger charge is -2.11. The topological polar surface area (TPSA) is 52.2 Å². The number of guanidine groups is 1. The molecule has 1 saturated carbocycles. The van der Waals surface area contributed by atoms with Crippen LogP contribution < -0.4 is 10.6 Å². The Labute approximate surface area is 152 Å². The van der Waals surface area contributed by atoms with Crippen LogP contribution in [0, 0.1) is 5.82 Å². The number of hydrogen-bond donors (Lipinski definition) is 3. The lowest BCUT2D eigenvalue weighted by Crippen LogP contribution is -2.39. The lowest BCUT2D eigenvalue weighted by atomic mass is 10.1. The summed E-state index contributed by atoms with van der Waals surface area (Å²) >= 11 is 0. The number of nitrogens with zero attached hydrogens (tertiary/aromatic N) is 1. The van der Waals surface area contributed by atoms with Crippen molar-refractivity contribution in [2.24, 2.45) is 4.99 Å². The molecule has 3 aromatic rings. The third kappa shape index (κ3) is 3.57. The second kappa shape index (κ2) is 7.20. The van der Waals surface area contributed by atoms with Gasteiger partial charge in [0.25, 0.3) is 0 Å². The number of aliphatic imine (C=N–C) groups is 1. The van der Waals surface area contributed by atoms with Crippen molar-refractivity contribution < 1.29 is 4.39 Å². The quantitative estimate of drug-likeness (QED) is 0.487. The van der Waals surface area contributed by atoms with Crippen LogP contribution >= 0.6 is 0 Å². The lowest BCUT2D eigenvalue weighted by molar-refractivity contribution is 0.629. The summed E-state index contributed by atoms with van der Waals surface area (Å²) in [6, 6.07) is 15.9. The summed E-state index contributed by atoms with van der Waals surface area (Å²) in [7, 11) is 1.80. The van der Waals surface area contributed by atoms with Gasteiger partial charge in [-0.2, -0.15) is 0 Å². The highest BCUT2D eigenvalue weighted by Crippen LogP contribution is 2.40. The van der Waals surface area contributed by atoms with Gasteiger partial charge in [0.2, 0.25) is 0 Å². The van der Waals surface area contributed by atoms with Crippen molar-refractivity contribution in [1.29, 1.82) is 0 Å². The number of H-pyrrole nitrogens is 1. The van der Waals surface area contributed by atoms with E-state index in [1.165, 1.54) is 23.3 Å². The van der Waals surface area contributed by atoms with Crippen LogP contribution in [0.15, 0.2) is 59.7 Å². The summed E-state index contributed by atoms with van der Waals surface area (Å²) in [6.07, 6.45) is 3.94. The summed E-state index contributed by atoms with van der Waals surface area (Å²) < 4.78 is 13.3. The Morgan fingerprint density at radius 2 is 2.08 bits per heavy atom. The van der Waals surface area contributed by atoms with Gasteiger partial charge in [-0.15, -0.1) is 0 Å². The smallest absolute Gasteiger partial charge is 0.191 e. The third-order valence-corrected chi connectivity index (χ3v) is 4.98. The van der Waals surface area contributed by atoms with Crippen molar-refractivity contribution in [2.75, 3.05) is 13.6 Å². The van der Waals surface area contributed by atoms with E-state index >= 15 is 0 Å². The SMILES string of the molecule is CN=C(NCCc1c[nH]c2cc(F)ccc12)NC1CC1c1ccccc1. The molecule has 1 aromatic heterocycles. The molecule has 1 fully saturated rings. The second-order valence-electron chi connectivity index (χ2n) is 6.76. The van der Waals surface area contributed by atoms with E-state index in [4.69, 9.17) is 0 Å². The molecule has 4 rings (SSSR count). The molecular weight excluding hydrogens is 327 g/mol. The minimum atomic E-state index is -0.217. The van der Waals surface area contributed by atoms with Crippen molar-refractivity contribution >= 4 is 16.9 Å². The van der Waals surface area contributed by atoms with Gasteiger partial charge in [-0.3, -0.25) is 4.99 Å². The molecule has 2 atom stereocenters. The summed E-state index contributed by atoms with van der Waals surface area (Å²) in [6.45, 7) is 0.771. The van der Waals surface area contributed by atoms with Crippen LogP contribution in [0.1, 0.15) is 23.5 Å². The Morgan fingerprint density at radius 3 is 2.88 bits per heavy atom. The Morgan fingerprint density at radius 1 is 1.23 bits per heavy atom. The standard InChI is InChI=1S/C21H23FN4/c1-23-21(26-20-12-18(20)14-5-3-2-4-6-14)24-10-9-15-13-25-19-11-16(22)7-8-17(15)19/h2-8,11,13,18,20,25H,9-10,12H2,1H3,(H2,23,24,26). The maximum Gasteiger partial charge on any atom is 0.191 e. The van der Waals surface area contributed by atoms with Crippen molar-refractivity contribution in [3.8, 4) is 0 Å². The fourth-order valence-corrected chi connectivity index (χ4v) is 3.47. The van der Waals surface area contributed by atoms with Crippen LogP contribution in [0.4, 0.5) is 4.39 Å². The van der Waals surface area contributed by atoms with E-state index in [1.54, 1.807) is 7.05 Å². The summed E-state index contributed by atoms with van der Waals surface area (Å²) in [5.41, 5.74) is 3.40. The molecule has 0 radical (unpaired) electrons. The number of nitrogens with one attached hydrogen (secondary N) is 3. The van der Waals surface area contributed by atoms with E-state index < -0.39 is 0 Å². The Bertz CT molecular complexity index is 916. The van der Waals surface area contributed by atoms with Gasteiger partial charge in [0.15, 0.2) is 5.96 Å². The van der Waals surface area contributed by atoms with Gasteiger partial charge in [-0.25, -0.2) is 4.39 Å². The molecule has 1 aliphatic rings. The Balaban J connectivity index is 1.29. The normalized spacial score (nSPS) is 19.5. The van der Waals surface area contributed by atoms with E-state index in [0.717, 1.165) is 36.2 Å². The van der Waals surface area contributed by atoms with Crippen molar-refractivity contribution in [3.05, 3.63) is 71.7 Å². The molecule has 0 spiro atoms. The van der Waals surface area contributed by atoms with Crippen molar-refractivity contribution in [1.82, 2.24) is 15.6 Å². The molecular formula is C21H23FN4. The number of rotatable bonds is 5. The summed E-state index contributed by atoms with van der Waals surface area (Å²) in [4.78, 5) is 7.46. The first kappa shape index (κ1) is 16.6. The van der Waals surface area contributed by atoms with Crippen molar-refractivity contribution in [2.45, 2.75) is 24.8 Å². The molecule has 3 N–H and O–H groups in total. The highest BCUT2D eigenvalue weighted by atomic mass is 19.1. The van der Waals surface area contributed by atoms with Crippen LogP contribution in [0.5, 0.6) is 0 Å². The first-order valence-corrected chi connectivity index (χ1v) is 9.02. The van der Waals surface area contributed by atoms with E-state index in [-0.39, 0.29) is 5.82 Å². The number of benzene rings is 2. The number of aromatic nitrogens is 1. The monoisotopic (exact) mass is 350 g/mol. The number of hydrogen-bond acceptors (Lipinski definition) is 1. The minimum Gasteiger partial charge on any atom is -0.361 e. The molecule has 0 saturated heterocycles. The van der Waals surface area contributed by atoms with Gasteiger partial charge < -0.3 is 15.6 Å². The van der Waals surface area contributed by atoms with Crippen LogP contribution in [0.2, 0.25) is 0 Å². The molecule has 0 bridgehead atoms. The minimum absolute atomic E-state index is 0.217. The fourth-order valence-electron chi connectivity index (χ4n) is 3.47. The zero-order chi connectivity index (χ0) is 17.9. The maximum absolute atomic E-state index is 13.3. The number of aromatic amines is 1. The molecule has 0 amide bonds. The van der Waals surface area contributed by atoms with E-state index in [9.17, 15) is 4.39 Å².